The molecule has 0 aliphatic heterocycles. The van der Waals surface area contributed by atoms with E-state index in [0.29, 0.717) is 19.5 Å². The fourth-order valence-electron chi connectivity index (χ4n) is 3.80. The quantitative estimate of drug-likeness (QED) is 0.0956. The van der Waals surface area contributed by atoms with Gasteiger partial charge in [0.2, 0.25) is 0 Å². The smallest absolute Gasteiger partial charge is 0.410 e. The van der Waals surface area contributed by atoms with Gasteiger partial charge in [-0.2, -0.15) is 8.42 Å². The molecule has 1 aromatic rings. The number of aryl methyl sites for hydroxylation is 1. The highest BCUT2D eigenvalue weighted by atomic mass is 32.2. The van der Waals surface area contributed by atoms with Gasteiger partial charge in [-0.05, 0) is 83.6 Å². The van der Waals surface area contributed by atoms with Gasteiger partial charge in [0.1, 0.15) is 5.60 Å². The van der Waals surface area contributed by atoms with Crippen LogP contribution in [-0.2, 0) is 23.5 Å². The van der Waals surface area contributed by atoms with E-state index in [-0.39, 0.29) is 22.6 Å². The largest absolute Gasteiger partial charge is 0.444 e. The number of benzene rings is 1. The molecular formula is C31H57NO6SSi. The van der Waals surface area contributed by atoms with Crippen LogP contribution in [-0.4, -0.2) is 59.6 Å². The lowest BCUT2D eigenvalue weighted by Gasteiger charge is -2.36. The molecule has 0 fully saturated rings. The standard InChI is InChI=1S/C31H57NO6SSi/c1-27-19-21-28(22-20-27)39(34,35)36-25-17-14-12-16-24-32(29(33)38-30(2,3)4)23-15-11-10-13-18-26-37-40(8,9)31(5,6)7/h19-22H,10-18,23-26H2,1-9H3. The molecule has 0 atom stereocenters. The summed E-state index contributed by atoms with van der Waals surface area (Å²) in [6, 6.07) is 6.67. The molecular weight excluding hydrogens is 542 g/mol. The van der Waals surface area contributed by atoms with Gasteiger partial charge in [-0.3, -0.25) is 4.18 Å². The van der Waals surface area contributed by atoms with E-state index in [2.05, 4.69) is 33.9 Å². The first-order valence-corrected chi connectivity index (χ1v) is 19.3. The van der Waals surface area contributed by atoms with E-state index < -0.39 is 24.0 Å². The van der Waals surface area contributed by atoms with Gasteiger partial charge in [-0.15, -0.1) is 0 Å². The van der Waals surface area contributed by atoms with Crippen LogP contribution in [0.4, 0.5) is 4.79 Å². The SMILES string of the molecule is Cc1ccc(S(=O)(=O)OCCCCCCN(CCCCCCCO[Si](C)(C)C(C)(C)C)C(=O)OC(C)(C)C)cc1. The number of rotatable bonds is 18. The second-order valence-electron chi connectivity index (χ2n) is 13.3. The van der Waals surface area contributed by atoms with Crippen LogP contribution in [0.1, 0.15) is 105 Å². The van der Waals surface area contributed by atoms with Gasteiger partial charge in [0.05, 0.1) is 11.5 Å². The van der Waals surface area contributed by atoms with Gasteiger partial charge in [0, 0.05) is 19.7 Å². The third-order valence-corrected chi connectivity index (χ3v) is 13.2. The number of unbranched alkanes of at least 4 members (excludes halogenated alkanes) is 7. The van der Waals surface area contributed by atoms with Gasteiger partial charge >= 0.3 is 6.09 Å². The van der Waals surface area contributed by atoms with E-state index in [1.54, 1.807) is 24.3 Å². The predicted molar refractivity (Wildman–Crippen MR) is 167 cm³/mol. The van der Waals surface area contributed by atoms with Crippen molar-refractivity contribution in [1.29, 1.82) is 0 Å². The van der Waals surface area contributed by atoms with Crippen LogP contribution in [0.15, 0.2) is 29.2 Å². The van der Waals surface area contributed by atoms with E-state index in [9.17, 15) is 13.2 Å². The second kappa shape index (κ2) is 16.9. The van der Waals surface area contributed by atoms with Crippen molar-refractivity contribution in [3.8, 4) is 0 Å². The monoisotopic (exact) mass is 599 g/mol. The molecule has 0 heterocycles. The number of carbonyl (C=O) groups excluding carboxylic acids is 1. The van der Waals surface area contributed by atoms with Gasteiger partial charge < -0.3 is 14.1 Å². The zero-order valence-corrected chi connectivity index (χ0v) is 28.6. The molecule has 1 aromatic carbocycles. The summed E-state index contributed by atoms with van der Waals surface area (Å²) in [5, 5.41) is 0.244. The van der Waals surface area contributed by atoms with Crippen LogP contribution < -0.4 is 0 Å². The zero-order valence-electron chi connectivity index (χ0n) is 26.8. The summed E-state index contributed by atoms with van der Waals surface area (Å²) in [6.07, 6.45) is 8.34. The van der Waals surface area contributed by atoms with Crippen molar-refractivity contribution in [3.05, 3.63) is 29.8 Å². The van der Waals surface area contributed by atoms with Crippen LogP contribution in [0.25, 0.3) is 0 Å². The lowest BCUT2D eigenvalue weighted by Crippen LogP contribution is -2.40. The molecule has 0 N–H and O–H groups in total. The molecule has 0 saturated heterocycles. The summed E-state index contributed by atoms with van der Waals surface area (Å²) >= 11 is 0. The summed E-state index contributed by atoms with van der Waals surface area (Å²) in [6.45, 7) is 21.3. The first-order chi connectivity index (χ1) is 18.4. The average molecular weight is 600 g/mol. The maximum absolute atomic E-state index is 12.8. The highest BCUT2D eigenvalue weighted by Crippen LogP contribution is 2.36. The lowest BCUT2D eigenvalue weighted by molar-refractivity contribution is 0.0243. The van der Waals surface area contributed by atoms with E-state index in [1.807, 2.05) is 32.6 Å². The molecule has 40 heavy (non-hydrogen) atoms. The first kappa shape index (κ1) is 36.6. The van der Waals surface area contributed by atoms with Crippen molar-refractivity contribution in [2.75, 3.05) is 26.3 Å². The minimum absolute atomic E-state index is 0.160. The molecule has 1 amide bonds. The van der Waals surface area contributed by atoms with Crippen molar-refractivity contribution in [3.63, 3.8) is 0 Å². The van der Waals surface area contributed by atoms with Crippen molar-refractivity contribution < 1.29 is 26.6 Å². The van der Waals surface area contributed by atoms with Crippen LogP contribution in [0.5, 0.6) is 0 Å². The lowest BCUT2D eigenvalue weighted by atomic mass is 10.1. The fourth-order valence-corrected chi connectivity index (χ4v) is 5.83. The third-order valence-electron chi connectivity index (χ3n) is 7.36. The summed E-state index contributed by atoms with van der Waals surface area (Å²) in [4.78, 5) is 14.8. The Morgan fingerprint density at radius 1 is 0.775 bits per heavy atom. The van der Waals surface area contributed by atoms with Crippen molar-refractivity contribution >= 4 is 24.5 Å². The Morgan fingerprint density at radius 2 is 1.25 bits per heavy atom. The number of ether oxygens (including phenoxy) is 1. The maximum atomic E-state index is 12.8. The zero-order chi connectivity index (χ0) is 30.5. The third kappa shape index (κ3) is 15.0. The Bertz CT molecular complexity index is 965. The minimum Gasteiger partial charge on any atom is -0.444 e. The molecule has 9 heteroatoms. The van der Waals surface area contributed by atoms with Crippen molar-refractivity contribution in [1.82, 2.24) is 4.90 Å². The fraction of sp³-hybridized carbons (Fsp3) is 0.774. The molecule has 0 aliphatic carbocycles. The number of amides is 1. The second-order valence-corrected chi connectivity index (χ2v) is 19.8. The molecule has 0 aromatic heterocycles. The van der Waals surface area contributed by atoms with Gasteiger partial charge in [0.15, 0.2) is 8.32 Å². The van der Waals surface area contributed by atoms with Crippen molar-refractivity contribution in [2.45, 2.75) is 135 Å². The number of hydrogen-bond donors (Lipinski definition) is 0. The Morgan fingerprint density at radius 3 is 1.75 bits per heavy atom. The summed E-state index contributed by atoms with van der Waals surface area (Å²) < 4.78 is 41.7. The molecule has 0 bridgehead atoms. The molecule has 0 spiro atoms. The Hall–Kier alpha value is -1.42. The predicted octanol–water partition coefficient (Wildman–Crippen LogP) is 8.47. The summed E-state index contributed by atoms with van der Waals surface area (Å²) in [7, 11) is -5.39. The Kier molecular flexibility index (Phi) is 15.4. The topological polar surface area (TPSA) is 82.1 Å². The van der Waals surface area contributed by atoms with Crippen LogP contribution in [0, 0.1) is 6.92 Å². The molecule has 232 valence electrons. The minimum atomic E-state index is -3.72. The molecule has 7 nitrogen and oxygen atoms in total. The first-order valence-electron chi connectivity index (χ1n) is 15.0. The highest BCUT2D eigenvalue weighted by Gasteiger charge is 2.36. The normalized spacial score (nSPS) is 12.9. The van der Waals surface area contributed by atoms with Crippen LogP contribution in [0.2, 0.25) is 18.1 Å². The molecule has 0 aliphatic rings. The van der Waals surface area contributed by atoms with E-state index in [1.165, 1.54) is 0 Å². The summed E-state index contributed by atoms with van der Waals surface area (Å²) in [5.41, 5.74) is 0.474. The maximum Gasteiger partial charge on any atom is 0.410 e. The number of hydrogen-bond acceptors (Lipinski definition) is 6. The average Bonchev–Trinajstić information content (AvgIpc) is 2.82. The molecule has 0 radical (unpaired) electrons. The van der Waals surface area contributed by atoms with E-state index in [4.69, 9.17) is 13.3 Å². The van der Waals surface area contributed by atoms with Gasteiger partial charge in [0.25, 0.3) is 10.1 Å². The molecule has 1 rings (SSSR count). The summed E-state index contributed by atoms with van der Waals surface area (Å²) in [5.74, 6) is 0. The highest BCUT2D eigenvalue weighted by molar-refractivity contribution is 7.86. The molecule has 0 saturated carbocycles. The van der Waals surface area contributed by atoms with Crippen molar-refractivity contribution in [2.24, 2.45) is 0 Å². The van der Waals surface area contributed by atoms with E-state index in [0.717, 1.165) is 63.5 Å². The van der Waals surface area contributed by atoms with Crippen LogP contribution >= 0.6 is 0 Å². The van der Waals surface area contributed by atoms with Crippen LogP contribution in [0.3, 0.4) is 0 Å². The number of carbonyl (C=O) groups is 1. The van der Waals surface area contributed by atoms with Gasteiger partial charge in [-0.25, -0.2) is 4.79 Å². The van der Waals surface area contributed by atoms with E-state index >= 15 is 0 Å². The molecule has 0 unspecified atom stereocenters. The Balaban J connectivity index is 2.33. The van der Waals surface area contributed by atoms with Gasteiger partial charge in [-0.1, -0.05) is 70.6 Å². The number of nitrogens with zero attached hydrogens (tertiary/aromatic N) is 1. The Labute approximate surface area is 246 Å².